The van der Waals surface area contributed by atoms with Gasteiger partial charge in [-0.25, -0.2) is 4.79 Å². The van der Waals surface area contributed by atoms with Gasteiger partial charge in [0.25, 0.3) is 0 Å². The Balaban J connectivity index is 2.28. The number of unbranched alkanes of at least 4 members (excludes halogenated alkanes) is 1. The van der Waals surface area contributed by atoms with E-state index in [2.05, 4.69) is 0 Å². The van der Waals surface area contributed by atoms with E-state index in [9.17, 15) is 9.59 Å². The van der Waals surface area contributed by atoms with E-state index in [1.807, 2.05) is 6.92 Å². The van der Waals surface area contributed by atoms with Crippen molar-refractivity contribution in [3.8, 4) is 0 Å². The van der Waals surface area contributed by atoms with E-state index in [0.717, 1.165) is 12.8 Å². The van der Waals surface area contributed by atoms with Gasteiger partial charge in [0, 0.05) is 6.54 Å². The smallest absolute Gasteiger partial charge is 0.409 e. The van der Waals surface area contributed by atoms with Crippen molar-refractivity contribution in [2.45, 2.75) is 25.9 Å². The molecule has 1 aliphatic heterocycles. The van der Waals surface area contributed by atoms with Crippen LogP contribution < -0.4 is 0 Å². The number of morpholine rings is 1. The fourth-order valence-corrected chi connectivity index (χ4v) is 1.28. The second kappa shape index (κ2) is 6.40. The number of hydrogen-bond acceptors (Lipinski definition) is 4. The lowest BCUT2D eigenvalue weighted by Gasteiger charge is -2.29. The Morgan fingerprint density at radius 1 is 1.67 bits per heavy atom. The molecular formula is C10H16NO4. The van der Waals surface area contributed by atoms with Crippen LogP contribution >= 0.6 is 0 Å². The molecule has 1 radical (unpaired) electrons. The molecule has 15 heavy (non-hydrogen) atoms. The average molecular weight is 214 g/mol. The van der Waals surface area contributed by atoms with Gasteiger partial charge in [0.1, 0.15) is 6.10 Å². The van der Waals surface area contributed by atoms with Crippen molar-refractivity contribution in [1.29, 1.82) is 0 Å². The Labute approximate surface area is 89.3 Å². The molecule has 1 aliphatic rings. The average Bonchev–Trinajstić information content (AvgIpc) is 2.29. The van der Waals surface area contributed by atoms with Crippen LogP contribution in [0.25, 0.3) is 0 Å². The van der Waals surface area contributed by atoms with E-state index in [1.165, 1.54) is 4.90 Å². The predicted molar refractivity (Wildman–Crippen MR) is 53.3 cm³/mol. The van der Waals surface area contributed by atoms with Crippen LogP contribution in [-0.4, -0.2) is 49.7 Å². The molecule has 1 unspecified atom stereocenters. The van der Waals surface area contributed by atoms with E-state index in [-0.39, 0.29) is 12.6 Å². The standard InChI is InChI=1S/C10H16NO4/c1-2-3-5-15-10(13)11-4-6-14-9(7-11)8-12/h9H,2-7H2,1H3. The monoisotopic (exact) mass is 214 g/mol. The summed E-state index contributed by atoms with van der Waals surface area (Å²) in [6.45, 7) is 3.54. The molecule has 0 spiro atoms. The molecule has 1 amide bonds. The van der Waals surface area contributed by atoms with Gasteiger partial charge < -0.3 is 14.4 Å². The zero-order valence-corrected chi connectivity index (χ0v) is 8.90. The number of ether oxygens (including phenoxy) is 2. The largest absolute Gasteiger partial charge is 0.449 e. The van der Waals surface area contributed by atoms with Crippen molar-refractivity contribution >= 4 is 12.4 Å². The zero-order valence-electron chi connectivity index (χ0n) is 8.90. The summed E-state index contributed by atoms with van der Waals surface area (Å²) in [6, 6.07) is 0. The first-order chi connectivity index (χ1) is 7.27. The van der Waals surface area contributed by atoms with Crippen LogP contribution in [0.5, 0.6) is 0 Å². The highest BCUT2D eigenvalue weighted by Crippen LogP contribution is 2.05. The Kier molecular flexibility index (Phi) is 5.10. The molecule has 0 bridgehead atoms. The van der Waals surface area contributed by atoms with Gasteiger partial charge >= 0.3 is 6.09 Å². The van der Waals surface area contributed by atoms with Gasteiger partial charge in [-0.1, -0.05) is 13.3 Å². The highest BCUT2D eigenvalue weighted by molar-refractivity contribution is 5.69. The molecule has 0 aromatic rings. The van der Waals surface area contributed by atoms with Crippen molar-refractivity contribution in [3.63, 3.8) is 0 Å². The van der Waals surface area contributed by atoms with E-state index in [4.69, 9.17) is 9.47 Å². The molecule has 0 aliphatic carbocycles. The van der Waals surface area contributed by atoms with Gasteiger partial charge in [0.2, 0.25) is 6.29 Å². The van der Waals surface area contributed by atoms with Crippen molar-refractivity contribution < 1.29 is 19.1 Å². The summed E-state index contributed by atoms with van der Waals surface area (Å²) in [5.74, 6) is 0. The summed E-state index contributed by atoms with van der Waals surface area (Å²) in [7, 11) is 0. The molecule has 0 aromatic heterocycles. The van der Waals surface area contributed by atoms with Gasteiger partial charge in [-0.2, -0.15) is 0 Å². The predicted octanol–water partition coefficient (Wildman–Crippen LogP) is 0.734. The number of rotatable bonds is 4. The van der Waals surface area contributed by atoms with Gasteiger partial charge in [0.05, 0.1) is 19.8 Å². The van der Waals surface area contributed by atoms with Crippen LogP contribution in [0.15, 0.2) is 0 Å². The van der Waals surface area contributed by atoms with E-state index in [0.29, 0.717) is 19.8 Å². The van der Waals surface area contributed by atoms with Crippen molar-refractivity contribution in [1.82, 2.24) is 4.90 Å². The fraction of sp³-hybridized carbons (Fsp3) is 0.800. The Morgan fingerprint density at radius 3 is 3.13 bits per heavy atom. The molecule has 0 N–H and O–H groups in total. The Morgan fingerprint density at radius 2 is 2.47 bits per heavy atom. The number of carbonyl (C=O) groups excluding carboxylic acids is 2. The second-order valence-corrected chi connectivity index (χ2v) is 3.39. The number of hydrogen-bond donors (Lipinski definition) is 0. The van der Waals surface area contributed by atoms with Crippen LogP contribution in [0.3, 0.4) is 0 Å². The topological polar surface area (TPSA) is 55.8 Å². The highest BCUT2D eigenvalue weighted by Gasteiger charge is 2.25. The lowest BCUT2D eigenvalue weighted by molar-refractivity contribution is 0.00206. The minimum absolute atomic E-state index is 0.245. The maximum atomic E-state index is 11.5. The van der Waals surface area contributed by atoms with Crippen LogP contribution in [0.4, 0.5) is 4.79 Å². The van der Waals surface area contributed by atoms with Crippen LogP contribution in [-0.2, 0) is 14.3 Å². The van der Waals surface area contributed by atoms with Gasteiger partial charge in [0.15, 0.2) is 0 Å². The summed E-state index contributed by atoms with van der Waals surface area (Å²) < 4.78 is 10.1. The maximum Gasteiger partial charge on any atom is 0.409 e. The zero-order chi connectivity index (χ0) is 11.1. The van der Waals surface area contributed by atoms with Gasteiger partial charge in [-0.05, 0) is 6.42 Å². The lowest BCUT2D eigenvalue weighted by atomic mass is 10.3. The second-order valence-electron chi connectivity index (χ2n) is 3.39. The van der Waals surface area contributed by atoms with E-state index < -0.39 is 6.10 Å². The minimum Gasteiger partial charge on any atom is -0.449 e. The summed E-state index contributed by atoms with van der Waals surface area (Å²) in [4.78, 5) is 23.3. The molecular weight excluding hydrogens is 198 g/mol. The lowest BCUT2D eigenvalue weighted by Crippen LogP contribution is -2.46. The molecule has 1 rings (SSSR count). The van der Waals surface area contributed by atoms with Crippen LogP contribution in [0, 0.1) is 0 Å². The Hall–Kier alpha value is -1.10. The SMILES string of the molecule is CCCCOC(=O)N1CCOC([C]=O)C1. The summed E-state index contributed by atoms with van der Waals surface area (Å²) in [6.07, 6.45) is 2.59. The third-order valence-electron chi connectivity index (χ3n) is 2.18. The minimum atomic E-state index is -0.627. The van der Waals surface area contributed by atoms with Crippen LogP contribution in [0.1, 0.15) is 19.8 Å². The van der Waals surface area contributed by atoms with Crippen LogP contribution in [0.2, 0.25) is 0 Å². The Bertz CT molecular complexity index is 219. The third-order valence-corrected chi connectivity index (χ3v) is 2.18. The fourth-order valence-electron chi connectivity index (χ4n) is 1.28. The molecule has 1 heterocycles. The summed E-state index contributed by atoms with van der Waals surface area (Å²) in [5.41, 5.74) is 0. The molecule has 85 valence electrons. The van der Waals surface area contributed by atoms with Crippen molar-refractivity contribution in [3.05, 3.63) is 0 Å². The molecule has 1 atom stereocenters. The molecule has 1 saturated heterocycles. The molecule has 5 heteroatoms. The first kappa shape index (κ1) is 12.0. The quantitative estimate of drug-likeness (QED) is 0.647. The maximum absolute atomic E-state index is 11.5. The number of amides is 1. The van der Waals surface area contributed by atoms with Crippen molar-refractivity contribution in [2.75, 3.05) is 26.3 Å². The molecule has 0 saturated carbocycles. The van der Waals surface area contributed by atoms with Gasteiger partial charge in [-0.3, -0.25) is 4.79 Å². The summed E-state index contributed by atoms with van der Waals surface area (Å²) >= 11 is 0. The molecule has 1 fully saturated rings. The highest BCUT2D eigenvalue weighted by atomic mass is 16.6. The summed E-state index contributed by atoms with van der Waals surface area (Å²) in [5, 5.41) is 0. The number of carbonyl (C=O) groups is 1. The first-order valence-electron chi connectivity index (χ1n) is 5.19. The van der Waals surface area contributed by atoms with Crippen molar-refractivity contribution in [2.24, 2.45) is 0 Å². The van der Waals surface area contributed by atoms with E-state index in [1.54, 1.807) is 6.29 Å². The normalized spacial score (nSPS) is 21.1. The van der Waals surface area contributed by atoms with E-state index >= 15 is 0 Å². The molecule has 5 nitrogen and oxygen atoms in total. The first-order valence-corrected chi connectivity index (χ1v) is 5.19. The molecule has 0 aromatic carbocycles. The number of nitrogens with zero attached hydrogens (tertiary/aromatic N) is 1. The van der Waals surface area contributed by atoms with Gasteiger partial charge in [-0.15, -0.1) is 0 Å². The third kappa shape index (κ3) is 3.87.